The first-order valence-electron chi connectivity index (χ1n) is 7.04. The summed E-state index contributed by atoms with van der Waals surface area (Å²) in [5.74, 6) is 0.560. The van der Waals surface area contributed by atoms with E-state index in [9.17, 15) is 8.42 Å². The zero-order chi connectivity index (χ0) is 14.2. The third-order valence-corrected chi connectivity index (χ3v) is 8.38. The second-order valence-corrected chi connectivity index (χ2v) is 9.52. The van der Waals surface area contributed by atoms with Crippen molar-refractivity contribution in [1.82, 2.24) is 9.62 Å². The van der Waals surface area contributed by atoms with Gasteiger partial charge in [0.05, 0.1) is 0 Å². The van der Waals surface area contributed by atoms with Crippen LogP contribution in [0.2, 0.25) is 0 Å². The van der Waals surface area contributed by atoms with Crippen LogP contribution in [0.1, 0.15) is 25.7 Å². The van der Waals surface area contributed by atoms with Crippen LogP contribution in [0.3, 0.4) is 0 Å². The van der Waals surface area contributed by atoms with Gasteiger partial charge in [-0.25, -0.2) is 8.42 Å². The van der Waals surface area contributed by atoms with Gasteiger partial charge in [-0.2, -0.15) is 4.31 Å². The van der Waals surface area contributed by atoms with Crippen LogP contribution < -0.4 is 5.32 Å². The quantitative estimate of drug-likeness (QED) is 0.827. The maximum atomic E-state index is 12.8. The van der Waals surface area contributed by atoms with Crippen LogP contribution in [0.4, 0.5) is 0 Å². The lowest BCUT2D eigenvalue weighted by Crippen LogP contribution is -2.42. The zero-order valence-corrected chi connectivity index (χ0v) is 14.4. The molecule has 1 atom stereocenters. The van der Waals surface area contributed by atoms with Crippen molar-refractivity contribution in [2.45, 2.75) is 35.9 Å². The van der Waals surface area contributed by atoms with Crippen LogP contribution >= 0.6 is 27.3 Å². The van der Waals surface area contributed by atoms with Gasteiger partial charge in [0.1, 0.15) is 4.21 Å². The average Bonchev–Trinajstić information content (AvgIpc) is 2.88. The standard InChI is InChI=1S/C13H19BrN2O2S2/c14-12-5-7-19-13(12)20(17,18)16(8-10-3-4-10)9-11-2-1-6-15-11/h5,7,10-11,15H,1-4,6,8-9H2. The molecule has 1 saturated heterocycles. The molecule has 1 saturated carbocycles. The van der Waals surface area contributed by atoms with Crippen molar-refractivity contribution < 1.29 is 8.42 Å². The summed E-state index contributed by atoms with van der Waals surface area (Å²) in [7, 11) is -3.37. The van der Waals surface area contributed by atoms with E-state index in [0.29, 0.717) is 33.7 Å². The zero-order valence-electron chi connectivity index (χ0n) is 11.2. The lowest BCUT2D eigenvalue weighted by atomic mass is 10.2. The maximum Gasteiger partial charge on any atom is 0.253 e. The molecule has 0 bridgehead atoms. The number of sulfonamides is 1. The summed E-state index contributed by atoms with van der Waals surface area (Å²) in [6.45, 7) is 2.28. The molecule has 4 nitrogen and oxygen atoms in total. The predicted molar refractivity (Wildman–Crippen MR) is 84.5 cm³/mol. The normalized spacial score (nSPS) is 23.6. The minimum absolute atomic E-state index is 0.308. The summed E-state index contributed by atoms with van der Waals surface area (Å²) in [5, 5.41) is 5.22. The van der Waals surface area contributed by atoms with E-state index in [1.165, 1.54) is 11.3 Å². The Morgan fingerprint density at radius 3 is 2.70 bits per heavy atom. The number of halogens is 1. The molecule has 1 aliphatic carbocycles. The van der Waals surface area contributed by atoms with Crippen LogP contribution in [-0.2, 0) is 10.0 Å². The molecular weight excluding hydrogens is 360 g/mol. The Morgan fingerprint density at radius 2 is 2.15 bits per heavy atom. The van der Waals surface area contributed by atoms with Crippen LogP contribution in [0, 0.1) is 5.92 Å². The molecular formula is C13H19BrN2O2S2. The van der Waals surface area contributed by atoms with Crippen molar-refractivity contribution >= 4 is 37.3 Å². The van der Waals surface area contributed by atoms with Crippen molar-refractivity contribution in [3.63, 3.8) is 0 Å². The largest absolute Gasteiger partial charge is 0.313 e. The Balaban J connectivity index is 1.81. The first-order valence-corrected chi connectivity index (χ1v) is 10.1. The highest BCUT2D eigenvalue weighted by atomic mass is 79.9. The average molecular weight is 379 g/mol. The second-order valence-electron chi connectivity index (χ2n) is 5.61. The van der Waals surface area contributed by atoms with E-state index in [4.69, 9.17) is 0 Å². The van der Waals surface area contributed by atoms with Gasteiger partial charge < -0.3 is 5.32 Å². The van der Waals surface area contributed by atoms with E-state index in [-0.39, 0.29) is 0 Å². The Labute approximate surface area is 132 Å². The topological polar surface area (TPSA) is 49.4 Å². The van der Waals surface area contributed by atoms with Crippen LogP contribution in [0.5, 0.6) is 0 Å². The van der Waals surface area contributed by atoms with Gasteiger partial charge in [-0.1, -0.05) is 0 Å². The number of nitrogens with one attached hydrogen (secondary N) is 1. The van der Waals surface area contributed by atoms with E-state index < -0.39 is 10.0 Å². The molecule has 1 aromatic heterocycles. The van der Waals surface area contributed by atoms with Crippen molar-refractivity contribution in [2.24, 2.45) is 5.92 Å². The van der Waals surface area contributed by atoms with Gasteiger partial charge in [0.15, 0.2) is 0 Å². The Hall–Kier alpha value is 0.0500. The molecule has 0 amide bonds. The first kappa shape index (κ1) is 15.0. The van der Waals surface area contributed by atoms with Crippen LogP contribution in [0.25, 0.3) is 0 Å². The predicted octanol–water partition coefficient (Wildman–Crippen LogP) is 2.66. The first-order chi connectivity index (χ1) is 9.57. The summed E-state index contributed by atoms with van der Waals surface area (Å²) in [6, 6.07) is 2.11. The third-order valence-electron chi connectivity index (χ3n) is 3.90. The fourth-order valence-corrected chi connectivity index (χ4v) is 6.61. The number of hydrogen-bond acceptors (Lipinski definition) is 4. The Bertz CT molecular complexity index is 563. The number of rotatable bonds is 6. The van der Waals surface area contributed by atoms with Gasteiger partial charge in [-0.05, 0) is 65.5 Å². The highest BCUT2D eigenvalue weighted by molar-refractivity contribution is 9.10. The maximum absolute atomic E-state index is 12.8. The van der Waals surface area contributed by atoms with Gasteiger partial charge >= 0.3 is 0 Å². The highest BCUT2D eigenvalue weighted by Crippen LogP contribution is 2.35. The van der Waals surface area contributed by atoms with E-state index in [0.717, 1.165) is 32.2 Å². The van der Waals surface area contributed by atoms with Crippen molar-refractivity contribution in [3.05, 3.63) is 15.9 Å². The van der Waals surface area contributed by atoms with Crippen molar-refractivity contribution in [3.8, 4) is 0 Å². The summed E-state index contributed by atoms with van der Waals surface area (Å²) in [4.78, 5) is 0. The van der Waals surface area contributed by atoms with Crippen LogP contribution in [0.15, 0.2) is 20.1 Å². The molecule has 1 unspecified atom stereocenters. The van der Waals surface area contributed by atoms with E-state index >= 15 is 0 Å². The monoisotopic (exact) mass is 378 g/mol. The van der Waals surface area contributed by atoms with Gasteiger partial charge in [0, 0.05) is 23.6 Å². The molecule has 0 aromatic carbocycles. The van der Waals surface area contributed by atoms with Crippen molar-refractivity contribution in [2.75, 3.05) is 19.6 Å². The van der Waals surface area contributed by atoms with Gasteiger partial charge in [-0.15, -0.1) is 11.3 Å². The molecule has 1 aromatic rings. The van der Waals surface area contributed by atoms with E-state index in [1.807, 2.05) is 5.38 Å². The third kappa shape index (κ3) is 3.27. The molecule has 2 heterocycles. The lowest BCUT2D eigenvalue weighted by molar-refractivity contribution is 0.359. The molecule has 1 aliphatic heterocycles. The van der Waals surface area contributed by atoms with Gasteiger partial charge in [-0.3, -0.25) is 0 Å². The number of hydrogen-bond donors (Lipinski definition) is 1. The fourth-order valence-electron chi connectivity index (χ4n) is 2.60. The summed E-state index contributed by atoms with van der Waals surface area (Å²) in [6.07, 6.45) is 4.54. The highest BCUT2D eigenvalue weighted by Gasteiger charge is 2.35. The molecule has 7 heteroatoms. The van der Waals surface area contributed by atoms with Crippen LogP contribution in [-0.4, -0.2) is 38.4 Å². The number of thiophene rings is 1. The number of nitrogens with zero attached hydrogens (tertiary/aromatic N) is 1. The molecule has 3 rings (SSSR count). The summed E-state index contributed by atoms with van der Waals surface area (Å²) >= 11 is 4.65. The molecule has 2 aliphatic rings. The van der Waals surface area contributed by atoms with Gasteiger partial charge in [0.2, 0.25) is 0 Å². The minimum Gasteiger partial charge on any atom is -0.313 e. The molecule has 1 N–H and O–H groups in total. The molecule has 0 spiro atoms. The SMILES string of the molecule is O=S(=O)(c1sccc1Br)N(CC1CC1)CC1CCCN1. The van der Waals surface area contributed by atoms with Gasteiger partial charge in [0.25, 0.3) is 10.0 Å². The minimum atomic E-state index is -3.37. The lowest BCUT2D eigenvalue weighted by Gasteiger charge is -2.24. The Morgan fingerprint density at radius 1 is 1.35 bits per heavy atom. The Kier molecular flexibility index (Phi) is 4.52. The second kappa shape index (κ2) is 6.04. The molecule has 0 radical (unpaired) electrons. The molecule has 20 heavy (non-hydrogen) atoms. The molecule has 112 valence electrons. The fraction of sp³-hybridized carbons (Fsp3) is 0.692. The smallest absolute Gasteiger partial charge is 0.253 e. The van der Waals surface area contributed by atoms with E-state index in [2.05, 4.69) is 21.2 Å². The summed E-state index contributed by atoms with van der Waals surface area (Å²) in [5.41, 5.74) is 0. The molecule has 2 fully saturated rings. The summed E-state index contributed by atoms with van der Waals surface area (Å²) < 4.78 is 28.5. The van der Waals surface area contributed by atoms with E-state index in [1.54, 1.807) is 10.4 Å². The van der Waals surface area contributed by atoms with Crippen molar-refractivity contribution in [1.29, 1.82) is 0 Å².